The fourth-order valence-corrected chi connectivity index (χ4v) is 1.65. The summed E-state index contributed by atoms with van der Waals surface area (Å²) in [6, 6.07) is 1.99. The Balaban J connectivity index is 2.33. The monoisotopic (exact) mass is 265 g/mol. The first-order valence-electron chi connectivity index (χ1n) is 7.16. The lowest BCUT2D eigenvalue weighted by atomic mass is 10.2. The zero-order valence-electron chi connectivity index (χ0n) is 12.9. The van der Waals surface area contributed by atoms with E-state index in [1.807, 2.05) is 13.0 Å². The Morgan fingerprint density at radius 2 is 1.95 bits per heavy atom. The smallest absolute Gasteiger partial charge is 0.133 e. The Bertz CT molecular complexity index is 378. The van der Waals surface area contributed by atoms with Crippen molar-refractivity contribution in [3.63, 3.8) is 0 Å². The maximum atomic E-state index is 5.55. The fourth-order valence-electron chi connectivity index (χ4n) is 1.65. The van der Waals surface area contributed by atoms with Gasteiger partial charge in [0.2, 0.25) is 0 Å². The van der Waals surface area contributed by atoms with Gasteiger partial charge in [0.05, 0.1) is 0 Å². The second kappa shape index (κ2) is 8.10. The van der Waals surface area contributed by atoms with Crippen molar-refractivity contribution in [3.05, 3.63) is 17.6 Å². The summed E-state index contributed by atoms with van der Waals surface area (Å²) in [6.45, 7) is 13.1. The summed E-state index contributed by atoms with van der Waals surface area (Å²) < 4.78 is 5.55. The van der Waals surface area contributed by atoms with E-state index >= 15 is 0 Å². The van der Waals surface area contributed by atoms with Crippen LogP contribution in [-0.4, -0.2) is 29.7 Å². The molecule has 0 atom stereocenters. The third-order valence-corrected chi connectivity index (χ3v) is 2.61. The summed E-state index contributed by atoms with van der Waals surface area (Å²) in [5.41, 5.74) is 1.01. The lowest BCUT2D eigenvalue weighted by Gasteiger charge is -2.11. The maximum Gasteiger partial charge on any atom is 0.133 e. The normalized spacial score (nSPS) is 11.3. The average molecular weight is 265 g/mol. The van der Waals surface area contributed by atoms with Crippen LogP contribution in [0.25, 0.3) is 0 Å². The Hall–Kier alpha value is -1.16. The molecule has 1 aromatic heterocycles. The Labute approximate surface area is 117 Å². The second-order valence-electron chi connectivity index (χ2n) is 5.66. The van der Waals surface area contributed by atoms with Gasteiger partial charge in [-0.05, 0) is 19.3 Å². The standard InChI is InChI=1S/C15H27N3O/c1-11(2)10-19-8-6-7-16-14-9-13(5)17-15(18-14)12(3)4/h9,11-12H,6-8,10H2,1-5H3,(H,16,17,18). The van der Waals surface area contributed by atoms with Crippen molar-refractivity contribution in [3.8, 4) is 0 Å². The summed E-state index contributed by atoms with van der Waals surface area (Å²) in [6.07, 6.45) is 0.993. The molecular weight excluding hydrogens is 238 g/mol. The molecule has 1 aromatic rings. The third-order valence-electron chi connectivity index (χ3n) is 2.61. The van der Waals surface area contributed by atoms with Gasteiger partial charge in [-0.1, -0.05) is 27.7 Å². The van der Waals surface area contributed by atoms with Crippen molar-refractivity contribution in [1.29, 1.82) is 0 Å². The summed E-state index contributed by atoms with van der Waals surface area (Å²) in [4.78, 5) is 8.95. The number of nitrogens with one attached hydrogen (secondary N) is 1. The van der Waals surface area contributed by atoms with Crippen LogP contribution in [0.4, 0.5) is 5.82 Å². The summed E-state index contributed by atoms with van der Waals surface area (Å²) >= 11 is 0. The summed E-state index contributed by atoms with van der Waals surface area (Å²) in [5, 5.41) is 3.34. The molecule has 0 bridgehead atoms. The van der Waals surface area contributed by atoms with Crippen molar-refractivity contribution in [2.75, 3.05) is 25.1 Å². The van der Waals surface area contributed by atoms with Crippen LogP contribution < -0.4 is 5.32 Å². The Morgan fingerprint density at radius 1 is 1.21 bits per heavy atom. The molecular formula is C15H27N3O. The van der Waals surface area contributed by atoms with Crippen LogP contribution in [-0.2, 0) is 4.74 Å². The number of aryl methyl sites for hydroxylation is 1. The van der Waals surface area contributed by atoms with E-state index in [9.17, 15) is 0 Å². The van der Waals surface area contributed by atoms with E-state index < -0.39 is 0 Å². The minimum Gasteiger partial charge on any atom is -0.381 e. The van der Waals surface area contributed by atoms with Gasteiger partial charge in [0.25, 0.3) is 0 Å². The second-order valence-corrected chi connectivity index (χ2v) is 5.66. The number of anilines is 1. The largest absolute Gasteiger partial charge is 0.381 e. The SMILES string of the molecule is Cc1cc(NCCCOCC(C)C)nc(C(C)C)n1. The molecule has 108 valence electrons. The molecule has 4 heteroatoms. The van der Waals surface area contributed by atoms with Crippen molar-refractivity contribution in [2.24, 2.45) is 5.92 Å². The first-order chi connectivity index (χ1) is 8.99. The average Bonchev–Trinajstić information content (AvgIpc) is 2.32. The lowest BCUT2D eigenvalue weighted by Crippen LogP contribution is -2.11. The predicted octanol–water partition coefficient (Wildman–Crippen LogP) is 3.38. The highest BCUT2D eigenvalue weighted by atomic mass is 16.5. The molecule has 1 heterocycles. The highest BCUT2D eigenvalue weighted by Gasteiger charge is 2.05. The van der Waals surface area contributed by atoms with Gasteiger partial charge >= 0.3 is 0 Å². The van der Waals surface area contributed by atoms with Crippen LogP contribution >= 0.6 is 0 Å². The zero-order chi connectivity index (χ0) is 14.3. The van der Waals surface area contributed by atoms with Gasteiger partial charge < -0.3 is 10.1 Å². The molecule has 0 amide bonds. The molecule has 0 fully saturated rings. The first-order valence-corrected chi connectivity index (χ1v) is 7.16. The number of hydrogen-bond acceptors (Lipinski definition) is 4. The van der Waals surface area contributed by atoms with Crippen LogP contribution in [0.5, 0.6) is 0 Å². The highest BCUT2D eigenvalue weighted by Crippen LogP contribution is 2.13. The summed E-state index contributed by atoms with van der Waals surface area (Å²) in [7, 11) is 0. The van der Waals surface area contributed by atoms with Crippen molar-refractivity contribution in [1.82, 2.24) is 9.97 Å². The molecule has 19 heavy (non-hydrogen) atoms. The van der Waals surface area contributed by atoms with Crippen molar-refractivity contribution in [2.45, 2.75) is 47.0 Å². The van der Waals surface area contributed by atoms with Crippen LogP contribution in [0, 0.1) is 12.8 Å². The van der Waals surface area contributed by atoms with Crippen molar-refractivity contribution < 1.29 is 4.74 Å². The van der Waals surface area contributed by atoms with E-state index in [4.69, 9.17) is 4.74 Å². The molecule has 0 saturated heterocycles. The maximum absolute atomic E-state index is 5.55. The fraction of sp³-hybridized carbons (Fsp3) is 0.733. The molecule has 0 aliphatic rings. The van der Waals surface area contributed by atoms with Gasteiger partial charge in [-0.2, -0.15) is 0 Å². The molecule has 1 rings (SSSR count). The van der Waals surface area contributed by atoms with Gasteiger partial charge in [0.15, 0.2) is 0 Å². The molecule has 0 aliphatic heterocycles. The van der Waals surface area contributed by atoms with E-state index in [-0.39, 0.29) is 0 Å². The number of nitrogens with zero attached hydrogens (tertiary/aromatic N) is 2. The summed E-state index contributed by atoms with van der Waals surface area (Å²) in [5.74, 6) is 2.78. The molecule has 1 N–H and O–H groups in total. The van der Waals surface area contributed by atoms with Crippen LogP contribution in [0.3, 0.4) is 0 Å². The Morgan fingerprint density at radius 3 is 2.58 bits per heavy atom. The molecule has 0 spiro atoms. The van der Waals surface area contributed by atoms with Gasteiger partial charge in [-0.3, -0.25) is 0 Å². The molecule has 4 nitrogen and oxygen atoms in total. The van der Waals surface area contributed by atoms with E-state index in [0.29, 0.717) is 11.8 Å². The molecule has 0 radical (unpaired) electrons. The zero-order valence-corrected chi connectivity index (χ0v) is 12.9. The van der Waals surface area contributed by atoms with Crippen LogP contribution in [0.1, 0.15) is 51.6 Å². The molecule has 0 unspecified atom stereocenters. The molecule has 0 aromatic carbocycles. The van der Waals surface area contributed by atoms with Crippen LogP contribution in [0.15, 0.2) is 6.07 Å². The quantitative estimate of drug-likeness (QED) is 0.732. The lowest BCUT2D eigenvalue weighted by molar-refractivity contribution is 0.110. The number of rotatable bonds is 8. The molecule has 0 saturated carbocycles. The topological polar surface area (TPSA) is 47.0 Å². The third kappa shape index (κ3) is 6.53. The van der Waals surface area contributed by atoms with Gasteiger partial charge in [-0.25, -0.2) is 9.97 Å². The van der Waals surface area contributed by atoms with E-state index in [1.165, 1.54) is 0 Å². The van der Waals surface area contributed by atoms with E-state index in [1.54, 1.807) is 0 Å². The Kier molecular flexibility index (Phi) is 6.78. The van der Waals surface area contributed by atoms with E-state index in [2.05, 4.69) is 43.0 Å². The number of ether oxygens (including phenoxy) is 1. The molecule has 0 aliphatic carbocycles. The van der Waals surface area contributed by atoms with E-state index in [0.717, 1.165) is 43.5 Å². The minimum atomic E-state index is 0.356. The first kappa shape index (κ1) is 15.9. The predicted molar refractivity (Wildman–Crippen MR) is 79.6 cm³/mol. The minimum absolute atomic E-state index is 0.356. The van der Waals surface area contributed by atoms with Crippen LogP contribution in [0.2, 0.25) is 0 Å². The number of hydrogen-bond donors (Lipinski definition) is 1. The van der Waals surface area contributed by atoms with Crippen molar-refractivity contribution >= 4 is 5.82 Å². The van der Waals surface area contributed by atoms with Gasteiger partial charge in [0.1, 0.15) is 11.6 Å². The van der Waals surface area contributed by atoms with Gasteiger partial charge in [-0.15, -0.1) is 0 Å². The highest BCUT2D eigenvalue weighted by molar-refractivity contribution is 5.36. The number of aromatic nitrogens is 2. The van der Waals surface area contributed by atoms with Gasteiger partial charge in [0, 0.05) is 37.4 Å².